The largest absolute Gasteiger partial charge is 0.309 e. The molecule has 0 spiro atoms. The number of aryl methyl sites for hydroxylation is 4. The Morgan fingerprint density at radius 3 is 1.18 bits per heavy atom. The van der Waals surface area contributed by atoms with Crippen LogP contribution < -0.4 is 9.80 Å². The zero-order valence-electron chi connectivity index (χ0n) is 33.9. The highest BCUT2D eigenvalue weighted by molar-refractivity contribution is 6.23. The van der Waals surface area contributed by atoms with Gasteiger partial charge in [0.05, 0.1) is 11.4 Å². The minimum atomic E-state index is 1.00. The van der Waals surface area contributed by atoms with Crippen molar-refractivity contribution in [3.05, 3.63) is 240 Å². The summed E-state index contributed by atoms with van der Waals surface area (Å²) in [5, 5.41) is 4.97. The van der Waals surface area contributed by atoms with E-state index in [0.29, 0.717) is 0 Å². The van der Waals surface area contributed by atoms with Gasteiger partial charge >= 0.3 is 0 Å². The molecule has 0 saturated heterocycles. The van der Waals surface area contributed by atoms with Crippen LogP contribution in [0.4, 0.5) is 34.1 Å². The number of benzene rings is 9. The van der Waals surface area contributed by atoms with Gasteiger partial charge in [-0.25, -0.2) is 0 Å². The normalized spacial score (nSPS) is 12.5. The Labute approximate surface area is 354 Å². The molecule has 1 aliphatic rings. The van der Waals surface area contributed by atoms with Crippen LogP contribution in [0.1, 0.15) is 46.2 Å². The van der Waals surface area contributed by atoms with E-state index in [2.05, 4.69) is 228 Å². The van der Waals surface area contributed by atoms with E-state index >= 15 is 0 Å². The minimum Gasteiger partial charge on any atom is -0.309 e. The molecule has 0 N–H and O–H groups in total. The fourth-order valence-corrected chi connectivity index (χ4v) is 9.05. The van der Waals surface area contributed by atoms with Crippen LogP contribution in [0.25, 0.3) is 33.7 Å². The third-order valence-corrected chi connectivity index (χ3v) is 12.1. The Morgan fingerprint density at radius 1 is 0.333 bits per heavy atom. The van der Waals surface area contributed by atoms with Gasteiger partial charge in [0.15, 0.2) is 0 Å². The van der Waals surface area contributed by atoms with E-state index in [0.717, 1.165) is 48.4 Å². The number of hydrogen-bond acceptors (Lipinski definition) is 2. The second-order valence-corrected chi connectivity index (χ2v) is 15.9. The second-order valence-electron chi connectivity index (χ2n) is 15.9. The summed E-state index contributed by atoms with van der Waals surface area (Å²) >= 11 is 0. The van der Waals surface area contributed by atoms with Crippen molar-refractivity contribution in [3.8, 4) is 0 Å². The molecule has 9 aromatic rings. The topological polar surface area (TPSA) is 6.48 Å². The Bertz CT molecular complexity index is 2880. The zero-order valence-corrected chi connectivity index (χ0v) is 33.9. The summed E-state index contributed by atoms with van der Waals surface area (Å²) in [4.78, 5) is 4.99. The van der Waals surface area contributed by atoms with Gasteiger partial charge in [-0.3, -0.25) is 0 Å². The van der Waals surface area contributed by atoms with Gasteiger partial charge in [0.1, 0.15) is 0 Å². The van der Waals surface area contributed by atoms with Gasteiger partial charge in [0.2, 0.25) is 0 Å². The van der Waals surface area contributed by atoms with Crippen molar-refractivity contribution in [3.63, 3.8) is 0 Å². The van der Waals surface area contributed by atoms with E-state index in [1.807, 2.05) is 0 Å². The van der Waals surface area contributed by atoms with Crippen LogP contribution in [0.2, 0.25) is 0 Å². The van der Waals surface area contributed by atoms with E-state index in [-0.39, 0.29) is 0 Å². The molecular formula is C58H48N2. The van der Waals surface area contributed by atoms with Gasteiger partial charge in [-0.05, 0) is 133 Å². The third kappa shape index (κ3) is 7.61. The quantitative estimate of drug-likeness (QED) is 0.0734. The van der Waals surface area contributed by atoms with Crippen LogP contribution in [-0.2, 0) is 25.7 Å². The van der Waals surface area contributed by atoms with E-state index < -0.39 is 0 Å². The molecule has 290 valence electrons. The summed E-state index contributed by atoms with van der Waals surface area (Å²) in [6.45, 7) is 0. The lowest BCUT2D eigenvalue weighted by Gasteiger charge is -2.33. The smallest absolute Gasteiger partial charge is 0.0620 e. The SMILES string of the molecule is C(=Cc1ccc(N(c2ccccc2)c2c3ccccc3c(N(c3ccccc3)c3ccc(CCc4ccccc4)cc3)c3cc4c(cc23)CCCC4)cc1)c1ccccc1. The maximum atomic E-state index is 2.54. The molecule has 0 aliphatic heterocycles. The average molecular weight is 773 g/mol. The minimum absolute atomic E-state index is 1.00. The Morgan fingerprint density at radius 2 is 0.700 bits per heavy atom. The van der Waals surface area contributed by atoms with Gasteiger partial charge in [-0.1, -0.05) is 158 Å². The van der Waals surface area contributed by atoms with E-state index in [1.165, 1.54) is 79.1 Å². The summed E-state index contributed by atoms with van der Waals surface area (Å²) in [6.07, 6.45) is 11.1. The van der Waals surface area contributed by atoms with E-state index in [1.54, 1.807) is 0 Å². The summed E-state index contributed by atoms with van der Waals surface area (Å²) < 4.78 is 0. The first-order valence-corrected chi connectivity index (χ1v) is 21.4. The molecule has 0 amide bonds. The maximum Gasteiger partial charge on any atom is 0.0620 e. The monoisotopic (exact) mass is 772 g/mol. The van der Waals surface area contributed by atoms with Crippen LogP contribution in [0.3, 0.4) is 0 Å². The first-order valence-electron chi connectivity index (χ1n) is 21.4. The molecule has 0 saturated carbocycles. The van der Waals surface area contributed by atoms with Crippen LogP contribution in [0, 0.1) is 0 Å². The molecule has 9 aromatic carbocycles. The molecule has 2 nitrogen and oxygen atoms in total. The van der Waals surface area contributed by atoms with Crippen molar-refractivity contribution in [1.82, 2.24) is 0 Å². The van der Waals surface area contributed by atoms with Crippen molar-refractivity contribution in [2.75, 3.05) is 9.80 Å². The standard InChI is InChI=1S/C58H48N2/c1-5-17-43(18-6-1)29-31-45-33-37-51(38-34-45)59(49-23-9-3-10-24-49)57-53-27-15-16-28-54(53)58(56-42-48-22-14-13-21-47(48)41-55(56)57)60(50-25-11-4-12-26-50)52-39-35-46(36-40-52)32-30-44-19-7-2-8-20-44/h1-12,15-20,23-29,31,33-42H,13-14,21-22,30,32H2. The van der Waals surface area contributed by atoms with Gasteiger partial charge < -0.3 is 9.80 Å². The van der Waals surface area contributed by atoms with Crippen molar-refractivity contribution < 1.29 is 0 Å². The van der Waals surface area contributed by atoms with E-state index in [4.69, 9.17) is 0 Å². The first kappa shape index (κ1) is 37.1. The average Bonchev–Trinajstić information content (AvgIpc) is 3.32. The lowest BCUT2D eigenvalue weighted by atomic mass is 9.86. The number of fused-ring (bicyclic) bond motifs is 3. The van der Waals surface area contributed by atoms with Crippen molar-refractivity contribution in [2.45, 2.75) is 38.5 Å². The Kier molecular flexibility index (Phi) is 10.5. The molecular weight excluding hydrogens is 725 g/mol. The van der Waals surface area contributed by atoms with Crippen LogP contribution in [0.5, 0.6) is 0 Å². The maximum absolute atomic E-state index is 2.54. The second kappa shape index (κ2) is 17.0. The lowest BCUT2D eigenvalue weighted by Crippen LogP contribution is -2.15. The molecule has 0 atom stereocenters. The molecule has 0 aromatic heterocycles. The summed E-state index contributed by atoms with van der Waals surface area (Å²) in [6, 6.07) is 75.6. The number of nitrogens with zero attached hydrogens (tertiary/aromatic N) is 2. The Hall–Kier alpha value is -7.16. The number of rotatable bonds is 11. The van der Waals surface area contributed by atoms with Crippen molar-refractivity contribution >= 4 is 67.8 Å². The molecule has 0 unspecified atom stereocenters. The fourth-order valence-electron chi connectivity index (χ4n) is 9.05. The van der Waals surface area contributed by atoms with Crippen LogP contribution >= 0.6 is 0 Å². The van der Waals surface area contributed by atoms with Gasteiger partial charge in [0.25, 0.3) is 0 Å². The third-order valence-electron chi connectivity index (χ3n) is 12.1. The van der Waals surface area contributed by atoms with Crippen molar-refractivity contribution in [1.29, 1.82) is 0 Å². The van der Waals surface area contributed by atoms with E-state index in [9.17, 15) is 0 Å². The molecule has 0 fully saturated rings. The Balaban J connectivity index is 1.18. The predicted octanol–water partition coefficient (Wildman–Crippen LogP) is 15.8. The van der Waals surface area contributed by atoms with Crippen LogP contribution in [0.15, 0.2) is 206 Å². The van der Waals surface area contributed by atoms with Crippen molar-refractivity contribution in [2.24, 2.45) is 0 Å². The highest BCUT2D eigenvalue weighted by Gasteiger charge is 2.27. The van der Waals surface area contributed by atoms with Gasteiger partial charge in [-0.15, -0.1) is 0 Å². The summed E-state index contributed by atoms with van der Waals surface area (Å²) in [5.41, 5.74) is 15.0. The van der Waals surface area contributed by atoms with Gasteiger partial charge in [0, 0.05) is 44.3 Å². The zero-order chi connectivity index (χ0) is 40.1. The molecule has 2 heteroatoms. The first-order chi connectivity index (χ1) is 29.8. The lowest BCUT2D eigenvalue weighted by molar-refractivity contribution is 0.687. The molecule has 60 heavy (non-hydrogen) atoms. The van der Waals surface area contributed by atoms with Crippen LogP contribution in [-0.4, -0.2) is 0 Å². The predicted molar refractivity (Wildman–Crippen MR) is 257 cm³/mol. The highest BCUT2D eigenvalue weighted by Crippen LogP contribution is 2.52. The summed E-state index contributed by atoms with van der Waals surface area (Å²) in [5.74, 6) is 0. The molecule has 0 heterocycles. The number of hydrogen-bond donors (Lipinski definition) is 0. The number of para-hydroxylation sites is 2. The highest BCUT2D eigenvalue weighted by atomic mass is 15.2. The summed E-state index contributed by atoms with van der Waals surface area (Å²) in [7, 11) is 0. The number of anilines is 6. The molecule has 10 rings (SSSR count). The van der Waals surface area contributed by atoms with Gasteiger partial charge in [-0.2, -0.15) is 0 Å². The molecule has 1 aliphatic carbocycles. The molecule has 0 radical (unpaired) electrons. The fraction of sp³-hybridized carbons (Fsp3) is 0.103. The molecule has 0 bridgehead atoms.